The summed E-state index contributed by atoms with van der Waals surface area (Å²) >= 11 is 0. The molecule has 1 heterocycles. The molecule has 7 heteroatoms. The summed E-state index contributed by atoms with van der Waals surface area (Å²) in [5.41, 5.74) is 4.91. The number of carbonyl (C=O) groups excluding carboxylic acids is 1. The quantitative estimate of drug-likeness (QED) is 0.228. The Labute approximate surface area is 219 Å². The van der Waals surface area contributed by atoms with Crippen molar-refractivity contribution < 1.29 is 17.9 Å². The number of aromatic nitrogens is 1. The Morgan fingerprint density at radius 3 is 2.32 bits per heavy atom. The van der Waals surface area contributed by atoms with Gasteiger partial charge in [-0.3, -0.25) is 0 Å². The molecule has 0 atom stereocenters. The van der Waals surface area contributed by atoms with Gasteiger partial charge in [-0.05, 0) is 65.8 Å². The van der Waals surface area contributed by atoms with Crippen LogP contribution in [0.5, 0.6) is 0 Å². The van der Waals surface area contributed by atoms with Gasteiger partial charge in [-0.25, -0.2) is 17.2 Å². The van der Waals surface area contributed by atoms with Crippen LogP contribution in [-0.2, 0) is 34.1 Å². The molecule has 1 amide bonds. The lowest BCUT2D eigenvalue weighted by Gasteiger charge is -2.19. The zero-order chi connectivity index (χ0) is 26.4. The Balaban J connectivity index is 1.61. The highest BCUT2D eigenvalue weighted by molar-refractivity contribution is 7.90. The molecular formula is C30H34N2O4S. The van der Waals surface area contributed by atoms with E-state index in [0.717, 1.165) is 46.9 Å². The van der Waals surface area contributed by atoms with Crippen LogP contribution >= 0.6 is 0 Å². The first kappa shape index (κ1) is 26.5. The highest BCUT2D eigenvalue weighted by atomic mass is 32.2. The molecule has 194 valence electrons. The van der Waals surface area contributed by atoms with Crippen molar-refractivity contribution in [3.8, 4) is 0 Å². The third-order valence-corrected chi connectivity index (χ3v) is 8.24. The monoisotopic (exact) mass is 518 g/mol. The lowest BCUT2D eigenvalue weighted by molar-refractivity contribution is 0.107. The van der Waals surface area contributed by atoms with Crippen molar-refractivity contribution in [1.82, 2.24) is 8.87 Å². The molecule has 0 aliphatic rings. The fourth-order valence-corrected chi connectivity index (χ4v) is 5.86. The molecular weight excluding hydrogens is 484 g/mol. The second-order valence-electron chi connectivity index (χ2n) is 9.24. The number of fused-ring (bicyclic) bond motifs is 1. The van der Waals surface area contributed by atoms with Crippen LogP contribution in [0.4, 0.5) is 4.79 Å². The minimum atomic E-state index is -3.70. The second-order valence-corrected chi connectivity index (χ2v) is 11.1. The zero-order valence-corrected chi connectivity index (χ0v) is 22.5. The predicted octanol–water partition coefficient (Wildman–Crippen LogP) is 6.40. The Bertz CT molecular complexity index is 1480. The number of aryl methyl sites for hydroxylation is 1. The van der Waals surface area contributed by atoms with Crippen LogP contribution in [-0.4, -0.2) is 37.0 Å². The van der Waals surface area contributed by atoms with Gasteiger partial charge in [0.2, 0.25) is 0 Å². The van der Waals surface area contributed by atoms with Gasteiger partial charge in [0.1, 0.15) is 0 Å². The number of carbonyl (C=O) groups is 1. The molecule has 0 unspecified atom stereocenters. The van der Waals surface area contributed by atoms with E-state index in [-0.39, 0.29) is 11.0 Å². The van der Waals surface area contributed by atoms with Gasteiger partial charge in [-0.1, -0.05) is 68.8 Å². The van der Waals surface area contributed by atoms with Crippen molar-refractivity contribution in [2.75, 3.05) is 13.7 Å². The summed E-state index contributed by atoms with van der Waals surface area (Å²) < 4.78 is 33.5. The van der Waals surface area contributed by atoms with Crippen molar-refractivity contribution in [2.45, 2.75) is 51.0 Å². The highest BCUT2D eigenvalue weighted by Gasteiger charge is 2.21. The first-order valence-electron chi connectivity index (χ1n) is 12.7. The number of amides is 1. The maximum atomic E-state index is 13.4. The van der Waals surface area contributed by atoms with Crippen LogP contribution in [0.3, 0.4) is 0 Å². The summed E-state index contributed by atoms with van der Waals surface area (Å²) in [4.78, 5) is 14.2. The summed E-state index contributed by atoms with van der Waals surface area (Å²) in [5, 5.41) is 0.939. The van der Waals surface area contributed by atoms with E-state index in [9.17, 15) is 13.2 Å². The number of hydrogen-bond acceptors (Lipinski definition) is 4. The first-order valence-corrected chi connectivity index (χ1v) is 14.2. The minimum Gasteiger partial charge on any atom is -0.449 e. The lowest BCUT2D eigenvalue weighted by atomic mass is 9.98. The standard InChI is InChI=1S/C30H34N2O4S/c1-4-6-18-36-30(33)31(3)21-26-13-11-10-12-25(26)19-23-16-17-29-28(20-23)24(5-2)22-32(29)37(34,35)27-14-8-7-9-15-27/h7-17,20,22H,4-6,18-19,21H2,1-3H3. The van der Waals surface area contributed by atoms with Gasteiger partial charge in [0, 0.05) is 25.2 Å². The molecule has 0 aliphatic heterocycles. The van der Waals surface area contributed by atoms with Crippen LogP contribution < -0.4 is 0 Å². The van der Waals surface area contributed by atoms with Gasteiger partial charge < -0.3 is 9.64 Å². The minimum absolute atomic E-state index is 0.268. The van der Waals surface area contributed by atoms with E-state index in [1.54, 1.807) is 42.4 Å². The highest BCUT2D eigenvalue weighted by Crippen LogP contribution is 2.28. The summed E-state index contributed by atoms with van der Waals surface area (Å²) in [6, 6.07) is 22.6. The van der Waals surface area contributed by atoms with Crippen LogP contribution in [0.2, 0.25) is 0 Å². The Hall–Kier alpha value is -3.58. The third kappa shape index (κ3) is 5.88. The van der Waals surface area contributed by atoms with Crippen molar-refractivity contribution in [1.29, 1.82) is 0 Å². The smallest absolute Gasteiger partial charge is 0.409 e. The SMILES string of the molecule is CCCCOC(=O)N(C)Cc1ccccc1Cc1ccc2c(c1)c(CC)cn2S(=O)(=O)c1ccccc1. The molecule has 1 aromatic heterocycles. The van der Waals surface area contributed by atoms with E-state index in [2.05, 4.69) is 19.1 Å². The van der Waals surface area contributed by atoms with Gasteiger partial charge in [0.25, 0.3) is 10.0 Å². The molecule has 6 nitrogen and oxygen atoms in total. The largest absolute Gasteiger partial charge is 0.449 e. The number of rotatable bonds is 10. The molecule has 0 spiro atoms. The van der Waals surface area contributed by atoms with E-state index in [1.807, 2.05) is 43.3 Å². The molecule has 0 radical (unpaired) electrons. The molecule has 4 rings (SSSR count). The molecule has 0 aliphatic carbocycles. The Morgan fingerprint density at radius 2 is 1.62 bits per heavy atom. The van der Waals surface area contributed by atoms with Crippen molar-refractivity contribution in [2.24, 2.45) is 0 Å². The normalized spacial score (nSPS) is 11.5. The van der Waals surface area contributed by atoms with Gasteiger partial charge in [-0.2, -0.15) is 0 Å². The van der Waals surface area contributed by atoms with E-state index in [1.165, 1.54) is 3.97 Å². The molecule has 37 heavy (non-hydrogen) atoms. The number of hydrogen-bond donors (Lipinski definition) is 0. The topological polar surface area (TPSA) is 68.6 Å². The van der Waals surface area contributed by atoms with Crippen LogP contribution in [0.15, 0.2) is 83.9 Å². The predicted molar refractivity (Wildman–Crippen MR) is 147 cm³/mol. The van der Waals surface area contributed by atoms with Crippen molar-refractivity contribution in [3.63, 3.8) is 0 Å². The first-order chi connectivity index (χ1) is 17.8. The zero-order valence-electron chi connectivity index (χ0n) is 21.7. The van der Waals surface area contributed by atoms with Crippen molar-refractivity contribution in [3.05, 3.63) is 101 Å². The van der Waals surface area contributed by atoms with Crippen LogP contribution in [0, 0.1) is 0 Å². The Kier molecular flexibility index (Phi) is 8.34. The molecule has 0 bridgehead atoms. The lowest BCUT2D eigenvalue weighted by Crippen LogP contribution is -2.27. The number of benzene rings is 3. The molecule has 0 saturated heterocycles. The summed E-state index contributed by atoms with van der Waals surface area (Å²) in [6.07, 6.45) is 4.64. The van der Waals surface area contributed by atoms with Crippen molar-refractivity contribution >= 4 is 27.0 Å². The number of nitrogens with zero attached hydrogens (tertiary/aromatic N) is 2. The third-order valence-electron chi connectivity index (χ3n) is 6.55. The van der Waals surface area contributed by atoms with Crippen LogP contribution in [0.1, 0.15) is 48.9 Å². The number of ether oxygens (including phenoxy) is 1. The Morgan fingerprint density at radius 1 is 0.919 bits per heavy atom. The maximum Gasteiger partial charge on any atom is 0.409 e. The maximum absolute atomic E-state index is 13.4. The second kappa shape index (κ2) is 11.6. The van der Waals surface area contributed by atoms with Gasteiger partial charge in [0.15, 0.2) is 0 Å². The van der Waals surface area contributed by atoms with E-state index in [0.29, 0.717) is 25.1 Å². The molecule has 0 saturated carbocycles. The average Bonchev–Trinajstić information content (AvgIpc) is 3.29. The van der Waals surface area contributed by atoms with Gasteiger partial charge in [0.05, 0.1) is 17.0 Å². The van der Waals surface area contributed by atoms with E-state index >= 15 is 0 Å². The average molecular weight is 519 g/mol. The van der Waals surface area contributed by atoms with Gasteiger partial charge >= 0.3 is 6.09 Å². The molecule has 0 fully saturated rings. The van der Waals surface area contributed by atoms with E-state index in [4.69, 9.17) is 4.74 Å². The summed E-state index contributed by atoms with van der Waals surface area (Å²) in [7, 11) is -1.95. The molecule has 0 N–H and O–H groups in total. The van der Waals surface area contributed by atoms with Crippen LogP contribution in [0.25, 0.3) is 10.9 Å². The fraction of sp³-hybridized carbons (Fsp3) is 0.300. The fourth-order valence-electron chi connectivity index (χ4n) is 4.45. The molecule has 4 aromatic rings. The van der Waals surface area contributed by atoms with Gasteiger partial charge in [-0.15, -0.1) is 0 Å². The van der Waals surface area contributed by atoms with E-state index < -0.39 is 10.0 Å². The summed E-state index contributed by atoms with van der Waals surface area (Å²) in [5.74, 6) is 0. The number of unbranched alkanes of at least 4 members (excludes halogenated alkanes) is 1. The summed E-state index contributed by atoms with van der Waals surface area (Å²) in [6.45, 7) is 4.98. The molecule has 3 aromatic carbocycles.